The van der Waals surface area contributed by atoms with E-state index in [2.05, 4.69) is 53.1 Å². The lowest BCUT2D eigenvalue weighted by Crippen LogP contribution is -2.25. The minimum Gasteiger partial charge on any atom is -0.508 e. The quantitative estimate of drug-likeness (QED) is 0.223. The highest BCUT2D eigenvalue weighted by atomic mass is 32.1. The number of phenolic OH excluding ortho intramolecular Hbond substituents is 1. The average Bonchev–Trinajstić information content (AvgIpc) is 3.73. The van der Waals surface area contributed by atoms with Crippen LogP contribution >= 0.6 is 11.3 Å². The Labute approximate surface area is 242 Å². The minimum absolute atomic E-state index is 0.299. The fourth-order valence-corrected chi connectivity index (χ4v) is 7.45. The Morgan fingerprint density at radius 2 is 1.62 bits per heavy atom. The summed E-state index contributed by atoms with van der Waals surface area (Å²) in [6.45, 7) is 9.67. The summed E-state index contributed by atoms with van der Waals surface area (Å²) < 4.78 is 13.0. The molecule has 3 heterocycles. The molecular weight excluding hydrogens is 516 g/mol. The van der Waals surface area contributed by atoms with Crippen molar-refractivity contribution < 1.29 is 14.6 Å². The molecule has 4 aromatic rings. The Kier molecular flexibility index (Phi) is 8.28. The maximum Gasteiger partial charge on any atom is 0.161 e. The first-order valence-electron chi connectivity index (χ1n) is 14.7. The lowest BCUT2D eigenvalue weighted by molar-refractivity contribution is 0.230. The lowest BCUT2D eigenvalue weighted by Gasteiger charge is -2.17. The number of thiophene rings is 1. The fraction of sp³-hybridized carbons (Fsp3) is 0.412. The molecule has 0 saturated carbocycles. The molecule has 1 aromatic heterocycles. The molecule has 6 heteroatoms. The zero-order valence-corrected chi connectivity index (χ0v) is 24.6. The number of phenols is 1. The van der Waals surface area contributed by atoms with Crippen molar-refractivity contribution in [2.45, 2.75) is 45.6 Å². The summed E-state index contributed by atoms with van der Waals surface area (Å²) in [6.07, 6.45) is 6.04. The Bertz CT molecular complexity index is 1470. The topological polar surface area (TPSA) is 45.2 Å². The first-order valence-corrected chi connectivity index (χ1v) is 15.5. The van der Waals surface area contributed by atoms with E-state index in [0.29, 0.717) is 12.4 Å². The predicted molar refractivity (Wildman–Crippen MR) is 165 cm³/mol. The van der Waals surface area contributed by atoms with Crippen LogP contribution in [-0.2, 0) is 13.0 Å². The molecule has 0 aliphatic carbocycles. The molecular formula is C34H40N2O3S. The van der Waals surface area contributed by atoms with E-state index in [1.807, 2.05) is 12.1 Å². The molecule has 0 radical (unpaired) electrons. The average molecular weight is 557 g/mol. The van der Waals surface area contributed by atoms with Crippen molar-refractivity contribution in [3.05, 3.63) is 76.9 Å². The van der Waals surface area contributed by atoms with Crippen LogP contribution in [0.5, 0.6) is 17.2 Å². The number of aryl methyl sites for hydroxylation is 1. The van der Waals surface area contributed by atoms with Gasteiger partial charge in [0, 0.05) is 22.7 Å². The van der Waals surface area contributed by atoms with Gasteiger partial charge < -0.3 is 14.6 Å². The van der Waals surface area contributed by atoms with E-state index in [0.717, 1.165) is 41.3 Å². The second-order valence-corrected chi connectivity index (χ2v) is 12.3. The van der Waals surface area contributed by atoms with Gasteiger partial charge >= 0.3 is 0 Å². The molecule has 2 aliphatic rings. The first-order chi connectivity index (χ1) is 19.6. The van der Waals surface area contributed by atoms with Crippen molar-refractivity contribution in [1.29, 1.82) is 0 Å². The number of benzene rings is 3. The van der Waals surface area contributed by atoms with E-state index in [1.54, 1.807) is 24.5 Å². The zero-order chi connectivity index (χ0) is 27.5. The molecule has 2 aliphatic heterocycles. The van der Waals surface area contributed by atoms with Gasteiger partial charge in [-0.2, -0.15) is 0 Å². The van der Waals surface area contributed by atoms with E-state index < -0.39 is 0 Å². The Balaban J connectivity index is 1.28. The number of methoxy groups -OCH3 is 1. The summed E-state index contributed by atoms with van der Waals surface area (Å²) >= 11 is 1.73. The SMILES string of the molecule is COc1cc(-c2sc3cc(O)ccc3c2Cc2ccc(CN3CCCC3)c(C)c2)ccc1OCCN1CCCC1. The second kappa shape index (κ2) is 12.2. The summed E-state index contributed by atoms with van der Waals surface area (Å²) in [4.78, 5) is 6.23. The molecule has 210 valence electrons. The van der Waals surface area contributed by atoms with Gasteiger partial charge in [-0.3, -0.25) is 9.80 Å². The summed E-state index contributed by atoms with van der Waals surface area (Å²) in [7, 11) is 1.71. The highest BCUT2D eigenvalue weighted by molar-refractivity contribution is 7.22. The molecule has 40 heavy (non-hydrogen) atoms. The molecule has 0 spiro atoms. The highest BCUT2D eigenvalue weighted by Crippen LogP contribution is 2.43. The first kappa shape index (κ1) is 27.1. The van der Waals surface area contributed by atoms with Crippen LogP contribution in [-0.4, -0.2) is 61.3 Å². The van der Waals surface area contributed by atoms with Crippen LogP contribution in [0.1, 0.15) is 47.9 Å². The van der Waals surface area contributed by atoms with E-state index in [1.165, 1.54) is 84.4 Å². The number of fused-ring (bicyclic) bond motifs is 1. The third-order valence-electron chi connectivity index (χ3n) is 8.45. The van der Waals surface area contributed by atoms with Crippen LogP contribution in [0.15, 0.2) is 54.6 Å². The maximum atomic E-state index is 10.2. The smallest absolute Gasteiger partial charge is 0.161 e. The molecule has 5 nitrogen and oxygen atoms in total. The van der Waals surface area contributed by atoms with Gasteiger partial charge in [-0.1, -0.05) is 18.2 Å². The number of nitrogens with zero attached hydrogens (tertiary/aromatic N) is 2. The van der Waals surface area contributed by atoms with Gasteiger partial charge in [0.15, 0.2) is 11.5 Å². The zero-order valence-electron chi connectivity index (χ0n) is 23.7. The fourth-order valence-electron chi connectivity index (χ4n) is 6.20. The van der Waals surface area contributed by atoms with Gasteiger partial charge in [0.1, 0.15) is 12.4 Å². The number of hydrogen-bond acceptors (Lipinski definition) is 6. The summed E-state index contributed by atoms with van der Waals surface area (Å²) in [5, 5.41) is 11.4. The van der Waals surface area contributed by atoms with Crippen molar-refractivity contribution in [3.8, 4) is 27.7 Å². The third kappa shape index (κ3) is 5.99. The van der Waals surface area contributed by atoms with Gasteiger partial charge in [0.05, 0.1) is 7.11 Å². The van der Waals surface area contributed by atoms with Crippen molar-refractivity contribution in [3.63, 3.8) is 0 Å². The molecule has 2 fully saturated rings. The predicted octanol–water partition coefficient (Wildman–Crippen LogP) is 7.25. The normalized spacial score (nSPS) is 16.2. The van der Waals surface area contributed by atoms with E-state index >= 15 is 0 Å². The molecule has 0 unspecified atom stereocenters. The van der Waals surface area contributed by atoms with Crippen LogP contribution in [0.4, 0.5) is 0 Å². The van der Waals surface area contributed by atoms with Crippen LogP contribution in [0.3, 0.4) is 0 Å². The third-order valence-corrected chi connectivity index (χ3v) is 9.69. The maximum absolute atomic E-state index is 10.2. The van der Waals surface area contributed by atoms with Gasteiger partial charge in [-0.05, 0) is 135 Å². The largest absolute Gasteiger partial charge is 0.508 e. The number of aromatic hydroxyl groups is 1. The summed E-state index contributed by atoms with van der Waals surface area (Å²) in [6, 6.07) is 19.0. The summed E-state index contributed by atoms with van der Waals surface area (Å²) in [5.41, 5.74) is 6.50. The van der Waals surface area contributed by atoms with Crippen molar-refractivity contribution in [2.24, 2.45) is 0 Å². The lowest BCUT2D eigenvalue weighted by atomic mass is 9.96. The number of hydrogen-bond donors (Lipinski definition) is 1. The molecule has 0 amide bonds. The van der Waals surface area contributed by atoms with E-state index in [-0.39, 0.29) is 0 Å². The standard InChI is InChI=1S/C34H40N2O3S/c1-24-19-25(7-8-27(24)23-36-15-5-6-16-36)20-30-29-11-10-28(37)22-33(29)40-34(30)26-9-12-31(32(21-26)38-2)39-18-17-35-13-3-4-14-35/h7-12,19,21-22,37H,3-6,13-18,20,23H2,1-2H3. The van der Waals surface area contributed by atoms with Gasteiger partial charge in [0.2, 0.25) is 0 Å². The molecule has 0 bridgehead atoms. The monoisotopic (exact) mass is 556 g/mol. The van der Waals surface area contributed by atoms with E-state index in [4.69, 9.17) is 9.47 Å². The van der Waals surface area contributed by atoms with Crippen LogP contribution in [0, 0.1) is 6.92 Å². The van der Waals surface area contributed by atoms with Crippen LogP contribution in [0.2, 0.25) is 0 Å². The van der Waals surface area contributed by atoms with Crippen molar-refractivity contribution in [2.75, 3.05) is 46.4 Å². The molecule has 2 saturated heterocycles. The Hall–Kier alpha value is -3.06. The van der Waals surface area contributed by atoms with Gasteiger partial charge in [0.25, 0.3) is 0 Å². The number of rotatable bonds is 10. The highest BCUT2D eigenvalue weighted by Gasteiger charge is 2.19. The molecule has 6 rings (SSSR count). The van der Waals surface area contributed by atoms with Crippen LogP contribution in [0.25, 0.3) is 20.5 Å². The van der Waals surface area contributed by atoms with Gasteiger partial charge in [-0.15, -0.1) is 11.3 Å². The molecule has 0 atom stereocenters. The second-order valence-electron chi connectivity index (χ2n) is 11.3. The number of likely N-dealkylation sites (tertiary alicyclic amines) is 2. The van der Waals surface area contributed by atoms with Crippen molar-refractivity contribution in [1.82, 2.24) is 9.80 Å². The van der Waals surface area contributed by atoms with Crippen LogP contribution < -0.4 is 9.47 Å². The molecule has 3 aromatic carbocycles. The summed E-state index contributed by atoms with van der Waals surface area (Å²) in [5.74, 6) is 1.84. The number of ether oxygens (including phenoxy) is 2. The van der Waals surface area contributed by atoms with E-state index in [9.17, 15) is 5.11 Å². The Morgan fingerprint density at radius 1 is 0.850 bits per heavy atom. The molecule has 1 N–H and O–H groups in total. The minimum atomic E-state index is 0.299. The van der Waals surface area contributed by atoms with Gasteiger partial charge in [-0.25, -0.2) is 0 Å². The van der Waals surface area contributed by atoms with Crippen molar-refractivity contribution >= 4 is 21.4 Å². The Morgan fingerprint density at radius 3 is 2.38 bits per heavy atom.